The zero-order valence-corrected chi connectivity index (χ0v) is 15.6. The van der Waals surface area contributed by atoms with Gasteiger partial charge in [-0.3, -0.25) is 5.43 Å². The smallest absolute Gasteiger partial charge is 0.0285 e. The minimum absolute atomic E-state index is 0.728. The van der Waals surface area contributed by atoms with Gasteiger partial charge in [0.15, 0.2) is 0 Å². The largest absolute Gasteiger partial charge is 0.313 e. The van der Waals surface area contributed by atoms with Gasteiger partial charge in [0.1, 0.15) is 0 Å². The van der Waals surface area contributed by atoms with E-state index in [9.17, 15) is 0 Å². The van der Waals surface area contributed by atoms with E-state index in [0.29, 0.717) is 0 Å². The SMILES string of the molecule is C1CCC(C2CCCC(C3CCN(CC4CCCCN4)N3)C2)CC1. The lowest BCUT2D eigenvalue weighted by molar-refractivity contribution is 0.122. The van der Waals surface area contributed by atoms with Crippen molar-refractivity contribution in [2.75, 3.05) is 19.6 Å². The van der Waals surface area contributed by atoms with Crippen molar-refractivity contribution in [1.29, 1.82) is 0 Å². The minimum atomic E-state index is 0.728. The monoisotopic (exact) mass is 333 g/mol. The van der Waals surface area contributed by atoms with Gasteiger partial charge in [0.2, 0.25) is 0 Å². The van der Waals surface area contributed by atoms with Gasteiger partial charge in [-0.05, 0) is 56.4 Å². The van der Waals surface area contributed by atoms with E-state index in [4.69, 9.17) is 0 Å². The zero-order chi connectivity index (χ0) is 16.2. The van der Waals surface area contributed by atoms with E-state index in [1.807, 2.05) is 0 Å². The van der Waals surface area contributed by atoms with Crippen molar-refractivity contribution in [3.8, 4) is 0 Å². The van der Waals surface area contributed by atoms with Gasteiger partial charge in [-0.2, -0.15) is 0 Å². The summed E-state index contributed by atoms with van der Waals surface area (Å²) in [5, 5.41) is 6.26. The quantitative estimate of drug-likeness (QED) is 0.811. The molecule has 2 saturated carbocycles. The van der Waals surface area contributed by atoms with Gasteiger partial charge in [0, 0.05) is 25.2 Å². The van der Waals surface area contributed by atoms with Crippen LogP contribution in [-0.4, -0.2) is 36.7 Å². The van der Waals surface area contributed by atoms with E-state index in [1.54, 1.807) is 0 Å². The molecule has 0 aromatic carbocycles. The van der Waals surface area contributed by atoms with Gasteiger partial charge in [0.05, 0.1) is 0 Å². The Bertz CT molecular complexity index is 373. The number of hydrogen-bond donors (Lipinski definition) is 2. The van der Waals surface area contributed by atoms with Crippen LogP contribution in [0.15, 0.2) is 0 Å². The highest BCUT2D eigenvalue weighted by Crippen LogP contribution is 2.42. The topological polar surface area (TPSA) is 27.3 Å². The molecule has 2 heterocycles. The summed E-state index contributed by atoms with van der Waals surface area (Å²) in [4.78, 5) is 0. The van der Waals surface area contributed by atoms with Crippen molar-refractivity contribution in [2.45, 2.75) is 95.6 Å². The highest BCUT2D eigenvalue weighted by Gasteiger charge is 2.36. The van der Waals surface area contributed by atoms with E-state index in [1.165, 1.54) is 103 Å². The molecule has 3 nitrogen and oxygen atoms in total. The Morgan fingerprint density at radius 1 is 0.708 bits per heavy atom. The number of rotatable bonds is 4. The highest BCUT2D eigenvalue weighted by atomic mass is 15.5. The fourth-order valence-corrected chi connectivity index (χ4v) is 6.16. The summed E-state index contributed by atoms with van der Waals surface area (Å²) in [6.07, 6.45) is 19.2. The van der Waals surface area contributed by atoms with Crippen molar-refractivity contribution < 1.29 is 0 Å². The molecule has 0 bridgehead atoms. The normalized spacial score (nSPS) is 40.0. The summed E-state index contributed by atoms with van der Waals surface area (Å²) in [7, 11) is 0. The van der Waals surface area contributed by atoms with Gasteiger partial charge in [-0.15, -0.1) is 0 Å². The Hall–Kier alpha value is -0.120. The molecule has 0 aromatic rings. The van der Waals surface area contributed by atoms with Gasteiger partial charge < -0.3 is 5.32 Å². The van der Waals surface area contributed by atoms with E-state index in [-0.39, 0.29) is 0 Å². The maximum atomic E-state index is 3.92. The molecule has 0 radical (unpaired) electrons. The third-order valence-electron chi connectivity index (χ3n) is 7.55. The summed E-state index contributed by atoms with van der Waals surface area (Å²) in [6.45, 7) is 3.72. The Morgan fingerprint density at radius 3 is 2.33 bits per heavy atom. The van der Waals surface area contributed by atoms with Gasteiger partial charge in [-0.1, -0.05) is 51.4 Å². The Kier molecular flexibility index (Phi) is 6.13. The number of piperidine rings is 1. The lowest BCUT2D eigenvalue weighted by atomic mass is 9.69. The van der Waals surface area contributed by atoms with Crippen LogP contribution in [0.2, 0.25) is 0 Å². The lowest BCUT2D eigenvalue weighted by Gasteiger charge is -2.39. The van der Waals surface area contributed by atoms with Crippen LogP contribution in [0.1, 0.15) is 83.5 Å². The molecule has 4 atom stereocenters. The first-order valence-corrected chi connectivity index (χ1v) is 11.1. The van der Waals surface area contributed by atoms with Crippen molar-refractivity contribution in [1.82, 2.24) is 15.8 Å². The third-order valence-corrected chi connectivity index (χ3v) is 7.55. The first-order chi connectivity index (χ1) is 11.9. The number of nitrogens with zero attached hydrogens (tertiary/aromatic N) is 1. The van der Waals surface area contributed by atoms with E-state index in [2.05, 4.69) is 15.8 Å². The molecule has 0 aromatic heterocycles. The maximum Gasteiger partial charge on any atom is 0.0285 e. The van der Waals surface area contributed by atoms with Crippen molar-refractivity contribution in [3.05, 3.63) is 0 Å². The molecule has 0 spiro atoms. The second-order valence-corrected chi connectivity index (χ2v) is 9.20. The number of hydrazine groups is 1. The number of hydrogen-bond acceptors (Lipinski definition) is 3. The van der Waals surface area contributed by atoms with Crippen LogP contribution in [0.4, 0.5) is 0 Å². The van der Waals surface area contributed by atoms with Crippen LogP contribution in [-0.2, 0) is 0 Å². The summed E-state index contributed by atoms with van der Waals surface area (Å²) in [6, 6.07) is 1.51. The molecule has 4 fully saturated rings. The van der Waals surface area contributed by atoms with Gasteiger partial charge in [-0.25, -0.2) is 5.01 Å². The zero-order valence-electron chi connectivity index (χ0n) is 15.6. The summed E-state index contributed by atoms with van der Waals surface area (Å²) in [5.41, 5.74) is 3.92. The molecule has 3 heteroatoms. The molecule has 2 saturated heterocycles. The summed E-state index contributed by atoms with van der Waals surface area (Å²) >= 11 is 0. The predicted octanol–water partition coefficient (Wildman–Crippen LogP) is 4.09. The van der Waals surface area contributed by atoms with Crippen molar-refractivity contribution in [3.63, 3.8) is 0 Å². The van der Waals surface area contributed by atoms with Crippen LogP contribution in [0.3, 0.4) is 0 Å². The summed E-state index contributed by atoms with van der Waals surface area (Å²) in [5.74, 6) is 3.08. The van der Waals surface area contributed by atoms with Crippen LogP contribution in [0, 0.1) is 17.8 Å². The fourth-order valence-electron chi connectivity index (χ4n) is 6.16. The van der Waals surface area contributed by atoms with E-state index >= 15 is 0 Å². The van der Waals surface area contributed by atoms with Crippen LogP contribution < -0.4 is 10.7 Å². The molecule has 2 aliphatic carbocycles. The second-order valence-electron chi connectivity index (χ2n) is 9.20. The molecule has 4 rings (SSSR count). The number of nitrogens with one attached hydrogen (secondary N) is 2. The molecular weight excluding hydrogens is 294 g/mol. The summed E-state index contributed by atoms with van der Waals surface area (Å²) < 4.78 is 0. The first-order valence-electron chi connectivity index (χ1n) is 11.1. The molecule has 24 heavy (non-hydrogen) atoms. The standard InChI is InChI=1S/C21H39N3/c1-2-7-17(8-3-1)18-9-6-10-19(15-18)21-12-14-24(23-21)16-20-11-4-5-13-22-20/h17-23H,1-16H2. The average Bonchev–Trinajstić information content (AvgIpc) is 3.12. The van der Waals surface area contributed by atoms with Gasteiger partial charge in [0.25, 0.3) is 0 Å². The van der Waals surface area contributed by atoms with E-state index in [0.717, 1.165) is 29.8 Å². The molecular formula is C21H39N3. The molecule has 0 amide bonds. The third kappa shape index (κ3) is 4.34. The minimum Gasteiger partial charge on any atom is -0.313 e. The molecule has 138 valence electrons. The molecule has 4 aliphatic rings. The lowest BCUT2D eigenvalue weighted by Crippen LogP contribution is -2.48. The second kappa shape index (κ2) is 8.51. The van der Waals surface area contributed by atoms with Gasteiger partial charge >= 0.3 is 0 Å². The molecule has 2 N–H and O–H groups in total. The fraction of sp³-hybridized carbons (Fsp3) is 1.00. The van der Waals surface area contributed by atoms with Crippen molar-refractivity contribution >= 4 is 0 Å². The Labute approximate surface area is 149 Å². The van der Waals surface area contributed by atoms with E-state index < -0.39 is 0 Å². The molecule has 2 aliphatic heterocycles. The highest BCUT2D eigenvalue weighted by molar-refractivity contribution is 4.89. The maximum absolute atomic E-state index is 3.92. The molecule has 4 unspecified atom stereocenters. The first kappa shape index (κ1) is 17.3. The van der Waals surface area contributed by atoms with Crippen LogP contribution in [0.25, 0.3) is 0 Å². The van der Waals surface area contributed by atoms with Crippen molar-refractivity contribution in [2.24, 2.45) is 17.8 Å². The Morgan fingerprint density at radius 2 is 1.50 bits per heavy atom. The Balaban J connectivity index is 1.25. The van der Waals surface area contributed by atoms with Crippen LogP contribution >= 0.6 is 0 Å². The average molecular weight is 334 g/mol. The van der Waals surface area contributed by atoms with Crippen LogP contribution in [0.5, 0.6) is 0 Å². The predicted molar refractivity (Wildman–Crippen MR) is 101 cm³/mol.